The summed E-state index contributed by atoms with van der Waals surface area (Å²) in [6, 6.07) is 4.38. The van der Waals surface area contributed by atoms with Crippen LogP contribution in [0.5, 0.6) is 5.75 Å². The van der Waals surface area contributed by atoms with Crippen molar-refractivity contribution in [2.24, 2.45) is 23.7 Å². The van der Waals surface area contributed by atoms with Gasteiger partial charge in [0, 0.05) is 12.5 Å². The van der Waals surface area contributed by atoms with Crippen LogP contribution >= 0.6 is 0 Å². The maximum absolute atomic E-state index is 13.6. The molecule has 2 heterocycles. The molecule has 2 aliphatic heterocycles. The van der Waals surface area contributed by atoms with Gasteiger partial charge < -0.3 is 9.84 Å². The highest BCUT2D eigenvalue weighted by Gasteiger charge is 2.56. The van der Waals surface area contributed by atoms with Crippen molar-refractivity contribution >= 4 is 17.9 Å². The zero-order valence-corrected chi connectivity index (χ0v) is 19.9. The summed E-state index contributed by atoms with van der Waals surface area (Å²) >= 11 is 0. The lowest BCUT2D eigenvalue weighted by molar-refractivity contribution is -0.140. The SMILES string of the molecule is CCCN1C(=O)[C@@H]2[C@@H](CC(C(C)C)=C3[C@@H](CC/C(C)=C/c4ccc(O)c(F)c4)OC[C@@H]32)C1=O. The van der Waals surface area contributed by atoms with Gasteiger partial charge in [-0.2, -0.15) is 0 Å². The van der Waals surface area contributed by atoms with Crippen LogP contribution in [0.25, 0.3) is 6.08 Å². The first-order valence-corrected chi connectivity index (χ1v) is 12.1. The number of benzene rings is 1. The van der Waals surface area contributed by atoms with Crippen molar-refractivity contribution in [1.29, 1.82) is 0 Å². The van der Waals surface area contributed by atoms with Crippen LogP contribution in [-0.4, -0.2) is 41.1 Å². The molecule has 4 atom stereocenters. The number of hydrogen-bond acceptors (Lipinski definition) is 4. The molecule has 178 valence electrons. The summed E-state index contributed by atoms with van der Waals surface area (Å²) in [5.74, 6) is -1.26. The molecule has 2 fully saturated rings. The van der Waals surface area contributed by atoms with Crippen LogP contribution in [0.15, 0.2) is 34.9 Å². The van der Waals surface area contributed by atoms with Gasteiger partial charge >= 0.3 is 0 Å². The van der Waals surface area contributed by atoms with Gasteiger partial charge in [-0.15, -0.1) is 0 Å². The fourth-order valence-electron chi connectivity index (χ4n) is 5.80. The summed E-state index contributed by atoms with van der Waals surface area (Å²) in [5.41, 5.74) is 4.33. The molecule has 1 aromatic carbocycles. The molecule has 0 bridgehead atoms. The number of likely N-dealkylation sites (tertiary alicyclic amines) is 1. The van der Waals surface area contributed by atoms with Gasteiger partial charge in [-0.25, -0.2) is 4.39 Å². The average molecular weight is 456 g/mol. The third-order valence-corrected chi connectivity index (χ3v) is 7.37. The lowest BCUT2D eigenvalue weighted by Gasteiger charge is -2.33. The van der Waals surface area contributed by atoms with Crippen molar-refractivity contribution in [3.05, 3.63) is 46.3 Å². The molecule has 0 radical (unpaired) electrons. The van der Waals surface area contributed by atoms with Crippen LogP contribution in [0, 0.1) is 29.5 Å². The number of nitrogens with zero attached hydrogens (tertiary/aromatic N) is 1. The molecule has 1 aliphatic carbocycles. The minimum absolute atomic E-state index is 0.00703. The lowest BCUT2D eigenvalue weighted by Crippen LogP contribution is -2.35. The fourth-order valence-corrected chi connectivity index (χ4v) is 5.80. The van der Waals surface area contributed by atoms with Gasteiger partial charge in [0.25, 0.3) is 0 Å². The number of halogens is 1. The van der Waals surface area contributed by atoms with E-state index >= 15 is 0 Å². The summed E-state index contributed by atoms with van der Waals surface area (Å²) in [7, 11) is 0. The Kier molecular flexibility index (Phi) is 6.76. The molecule has 6 heteroatoms. The van der Waals surface area contributed by atoms with Gasteiger partial charge in [0.05, 0.1) is 24.5 Å². The van der Waals surface area contributed by atoms with Crippen molar-refractivity contribution in [2.75, 3.05) is 13.2 Å². The number of allylic oxidation sites excluding steroid dienone is 2. The molecule has 2 amide bonds. The van der Waals surface area contributed by atoms with Gasteiger partial charge in [0.1, 0.15) is 0 Å². The van der Waals surface area contributed by atoms with Gasteiger partial charge in [-0.1, -0.05) is 44.1 Å². The molecule has 4 rings (SSSR count). The first-order valence-electron chi connectivity index (χ1n) is 12.1. The molecular formula is C27H34FNO4. The number of hydrogen-bond donors (Lipinski definition) is 1. The summed E-state index contributed by atoms with van der Waals surface area (Å²) < 4.78 is 19.9. The first-order chi connectivity index (χ1) is 15.7. The standard InChI is InChI=1S/C27H34FNO4/c1-5-10-29-26(31)19-13-18(15(2)3)24-20(25(19)27(29)32)14-33-23(24)9-6-16(4)11-17-7-8-22(30)21(28)12-17/h7-8,11-12,15,19-20,23,25,30H,5-6,9-10,13-14H2,1-4H3/b16-11+/t19-,20+,23-,25-/m1/s1. The summed E-state index contributed by atoms with van der Waals surface area (Å²) in [4.78, 5) is 27.6. The van der Waals surface area contributed by atoms with Crippen molar-refractivity contribution in [3.8, 4) is 5.75 Å². The average Bonchev–Trinajstić information content (AvgIpc) is 3.29. The maximum atomic E-state index is 13.6. The molecular weight excluding hydrogens is 421 g/mol. The zero-order valence-electron chi connectivity index (χ0n) is 19.9. The topological polar surface area (TPSA) is 66.8 Å². The van der Waals surface area contributed by atoms with Gasteiger partial charge in [-0.3, -0.25) is 14.5 Å². The largest absolute Gasteiger partial charge is 0.505 e. The Hall–Kier alpha value is -2.47. The number of amides is 2. The van der Waals surface area contributed by atoms with E-state index in [4.69, 9.17) is 4.74 Å². The number of phenolic OH excluding ortho intramolecular Hbond substituents is 1. The Bertz CT molecular complexity index is 1010. The Morgan fingerprint density at radius 3 is 2.70 bits per heavy atom. The molecule has 1 N–H and O–H groups in total. The Labute approximate surface area is 195 Å². The predicted molar refractivity (Wildman–Crippen MR) is 125 cm³/mol. The van der Waals surface area contributed by atoms with Crippen LogP contribution in [-0.2, 0) is 14.3 Å². The maximum Gasteiger partial charge on any atom is 0.233 e. The molecule has 33 heavy (non-hydrogen) atoms. The lowest BCUT2D eigenvalue weighted by atomic mass is 9.67. The minimum atomic E-state index is -0.630. The highest BCUT2D eigenvalue weighted by molar-refractivity contribution is 6.05. The third-order valence-electron chi connectivity index (χ3n) is 7.37. The first kappa shape index (κ1) is 23.7. The molecule has 3 aliphatic rings. The molecule has 1 aromatic rings. The summed E-state index contributed by atoms with van der Waals surface area (Å²) in [6.45, 7) is 9.30. The van der Waals surface area contributed by atoms with Crippen molar-refractivity contribution in [2.45, 2.75) is 59.5 Å². The molecule has 0 saturated carbocycles. The second-order valence-corrected chi connectivity index (χ2v) is 9.97. The van der Waals surface area contributed by atoms with E-state index in [2.05, 4.69) is 13.8 Å². The van der Waals surface area contributed by atoms with Crippen molar-refractivity contribution in [1.82, 2.24) is 4.90 Å². The molecule has 0 unspecified atom stereocenters. The Balaban J connectivity index is 1.53. The van der Waals surface area contributed by atoms with E-state index in [-0.39, 0.29) is 41.4 Å². The molecule has 5 nitrogen and oxygen atoms in total. The van der Waals surface area contributed by atoms with E-state index < -0.39 is 5.82 Å². The molecule has 0 aromatic heterocycles. The monoisotopic (exact) mass is 455 g/mol. The smallest absolute Gasteiger partial charge is 0.233 e. The van der Waals surface area contributed by atoms with Crippen LogP contribution in [0.4, 0.5) is 4.39 Å². The van der Waals surface area contributed by atoms with Crippen molar-refractivity contribution < 1.29 is 23.8 Å². The number of rotatable bonds is 7. The summed E-state index contributed by atoms with van der Waals surface area (Å²) in [6.07, 6.45) is 4.85. The predicted octanol–water partition coefficient (Wildman–Crippen LogP) is 5.10. The zero-order chi connectivity index (χ0) is 23.9. The van der Waals surface area contributed by atoms with Crippen LogP contribution in [0.3, 0.4) is 0 Å². The highest BCUT2D eigenvalue weighted by Crippen LogP contribution is 2.51. The Morgan fingerprint density at radius 2 is 2.03 bits per heavy atom. The number of carbonyl (C=O) groups excluding carboxylic acids is 2. The van der Waals surface area contributed by atoms with Gasteiger partial charge in [0.2, 0.25) is 11.8 Å². The van der Waals surface area contributed by atoms with Crippen LogP contribution in [0.2, 0.25) is 0 Å². The number of fused-ring (bicyclic) bond motifs is 3. The van der Waals surface area contributed by atoms with Gasteiger partial charge in [-0.05, 0) is 61.8 Å². The number of imide groups is 1. The number of ether oxygens (including phenoxy) is 1. The fraction of sp³-hybridized carbons (Fsp3) is 0.556. The number of phenols is 1. The third kappa shape index (κ3) is 4.37. The second kappa shape index (κ2) is 9.41. The number of aromatic hydroxyl groups is 1. The van der Waals surface area contributed by atoms with E-state index in [1.54, 1.807) is 6.07 Å². The van der Waals surface area contributed by atoms with Crippen LogP contribution < -0.4 is 0 Å². The van der Waals surface area contributed by atoms with Crippen LogP contribution in [0.1, 0.15) is 58.9 Å². The van der Waals surface area contributed by atoms with E-state index in [0.29, 0.717) is 31.1 Å². The quantitative estimate of drug-likeness (QED) is 0.459. The second-order valence-electron chi connectivity index (χ2n) is 9.97. The normalized spacial score (nSPS) is 27.6. The van der Waals surface area contributed by atoms with E-state index in [1.165, 1.54) is 28.2 Å². The van der Waals surface area contributed by atoms with E-state index in [9.17, 15) is 19.1 Å². The van der Waals surface area contributed by atoms with E-state index in [1.807, 2.05) is 19.9 Å². The molecule has 0 spiro atoms. The number of carbonyl (C=O) groups is 2. The summed E-state index contributed by atoms with van der Waals surface area (Å²) in [5, 5.41) is 9.39. The van der Waals surface area contributed by atoms with Gasteiger partial charge in [0.15, 0.2) is 11.6 Å². The molecule has 2 saturated heterocycles. The Morgan fingerprint density at radius 1 is 1.27 bits per heavy atom. The highest BCUT2D eigenvalue weighted by atomic mass is 19.1. The van der Waals surface area contributed by atoms with E-state index in [0.717, 1.165) is 24.8 Å². The van der Waals surface area contributed by atoms with Crippen molar-refractivity contribution in [3.63, 3.8) is 0 Å². The minimum Gasteiger partial charge on any atom is -0.505 e.